The molecule has 8 heteroatoms. The minimum absolute atomic E-state index is 0.0123. The number of rotatable bonds is 6. The van der Waals surface area contributed by atoms with Crippen LogP contribution in [0.25, 0.3) is 6.08 Å². The quantitative estimate of drug-likeness (QED) is 0.295. The van der Waals surface area contributed by atoms with Crippen LogP contribution in [0.5, 0.6) is 17.2 Å². The normalized spacial score (nSPS) is 12.2. The number of para-hydroxylation sites is 1. The van der Waals surface area contributed by atoms with Crippen LogP contribution in [0.15, 0.2) is 75.2 Å². The van der Waals surface area contributed by atoms with Crippen LogP contribution in [0, 0.1) is 11.3 Å². The van der Waals surface area contributed by atoms with Gasteiger partial charge in [0.05, 0.1) is 8.95 Å². The molecule has 1 amide bonds. The molecule has 0 fully saturated rings. The maximum absolute atomic E-state index is 12.5. The van der Waals surface area contributed by atoms with Gasteiger partial charge in [0, 0.05) is 5.69 Å². The molecular formula is C24H16Br2N2O4. The van der Waals surface area contributed by atoms with Gasteiger partial charge < -0.3 is 19.5 Å². The van der Waals surface area contributed by atoms with E-state index in [1.807, 2.05) is 42.5 Å². The van der Waals surface area contributed by atoms with Gasteiger partial charge in [-0.25, -0.2) is 0 Å². The summed E-state index contributed by atoms with van der Waals surface area (Å²) in [4.78, 5) is 12.5. The molecule has 0 saturated heterocycles. The average molecular weight is 556 g/mol. The molecule has 0 radical (unpaired) electrons. The van der Waals surface area contributed by atoms with Gasteiger partial charge in [0.15, 0.2) is 11.5 Å². The largest absolute Gasteiger partial charge is 0.487 e. The summed E-state index contributed by atoms with van der Waals surface area (Å²) in [7, 11) is 0. The Morgan fingerprint density at radius 3 is 2.50 bits per heavy atom. The Hall–Kier alpha value is -3.28. The van der Waals surface area contributed by atoms with Crippen LogP contribution < -0.4 is 19.5 Å². The standard InChI is InChI=1S/C24H16Br2N2O4/c25-19-9-16(8-17(12-27)24(29)28-18-4-2-1-3-5-18)10-20(26)23(19)30-13-15-6-7-21-22(11-15)32-14-31-21/h1-11H,13-14H2,(H,28,29)/b17-8-. The number of amides is 1. The number of carbonyl (C=O) groups is 1. The highest BCUT2D eigenvalue weighted by molar-refractivity contribution is 9.11. The van der Waals surface area contributed by atoms with E-state index in [-0.39, 0.29) is 12.4 Å². The van der Waals surface area contributed by atoms with Crippen molar-refractivity contribution in [2.75, 3.05) is 12.1 Å². The van der Waals surface area contributed by atoms with Crippen LogP contribution >= 0.6 is 31.9 Å². The Morgan fingerprint density at radius 2 is 1.78 bits per heavy atom. The molecule has 1 heterocycles. The molecule has 0 bridgehead atoms. The van der Waals surface area contributed by atoms with Gasteiger partial charge in [0.1, 0.15) is 24.0 Å². The zero-order chi connectivity index (χ0) is 22.5. The van der Waals surface area contributed by atoms with E-state index in [2.05, 4.69) is 37.2 Å². The van der Waals surface area contributed by atoms with E-state index in [0.717, 1.165) is 11.3 Å². The van der Waals surface area contributed by atoms with E-state index in [9.17, 15) is 10.1 Å². The van der Waals surface area contributed by atoms with Crippen LogP contribution in [0.3, 0.4) is 0 Å². The van der Waals surface area contributed by atoms with Crippen molar-refractivity contribution in [2.45, 2.75) is 6.61 Å². The molecule has 0 spiro atoms. The van der Waals surface area contributed by atoms with Crippen molar-refractivity contribution in [1.82, 2.24) is 0 Å². The van der Waals surface area contributed by atoms with Crippen molar-refractivity contribution < 1.29 is 19.0 Å². The van der Waals surface area contributed by atoms with Gasteiger partial charge in [-0.15, -0.1) is 0 Å². The summed E-state index contributed by atoms with van der Waals surface area (Å²) < 4.78 is 18.1. The number of hydrogen-bond acceptors (Lipinski definition) is 5. The van der Waals surface area contributed by atoms with Crippen LogP contribution in [-0.4, -0.2) is 12.7 Å². The Kier molecular flexibility index (Phi) is 6.78. The third-order valence-corrected chi connectivity index (χ3v) is 5.73. The molecular weight excluding hydrogens is 540 g/mol. The smallest absolute Gasteiger partial charge is 0.266 e. The Bertz CT molecular complexity index is 1210. The highest BCUT2D eigenvalue weighted by Gasteiger charge is 2.15. The molecule has 32 heavy (non-hydrogen) atoms. The molecule has 160 valence electrons. The fraction of sp³-hybridized carbons (Fsp3) is 0.0833. The summed E-state index contributed by atoms with van der Waals surface area (Å²) in [6.45, 7) is 0.547. The van der Waals surface area contributed by atoms with Gasteiger partial charge in [-0.2, -0.15) is 5.26 Å². The summed E-state index contributed by atoms with van der Waals surface area (Å²) >= 11 is 7.02. The van der Waals surface area contributed by atoms with Crippen molar-refractivity contribution in [3.8, 4) is 23.3 Å². The first-order valence-corrected chi connectivity index (χ1v) is 11.1. The van der Waals surface area contributed by atoms with Gasteiger partial charge in [-0.05, 0) is 85.5 Å². The zero-order valence-corrected chi connectivity index (χ0v) is 19.8. The molecule has 1 aliphatic heterocycles. The minimum Gasteiger partial charge on any atom is -0.487 e. The summed E-state index contributed by atoms with van der Waals surface area (Å²) in [5, 5.41) is 12.2. The molecule has 0 unspecified atom stereocenters. The van der Waals surface area contributed by atoms with Crippen molar-refractivity contribution in [1.29, 1.82) is 5.26 Å². The minimum atomic E-state index is -0.478. The molecule has 3 aromatic carbocycles. The highest BCUT2D eigenvalue weighted by Crippen LogP contribution is 2.37. The summed E-state index contributed by atoms with van der Waals surface area (Å²) in [5.74, 6) is 1.54. The number of carbonyl (C=O) groups excluding carboxylic acids is 1. The van der Waals surface area contributed by atoms with E-state index in [1.54, 1.807) is 24.3 Å². The number of nitrogens with one attached hydrogen (secondary N) is 1. The van der Waals surface area contributed by atoms with Gasteiger partial charge in [-0.3, -0.25) is 4.79 Å². The summed E-state index contributed by atoms with van der Waals surface area (Å²) in [6, 6.07) is 20.1. The number of hydrogen-bond donors (Lipinski definition) is 1. The van der Waals surface area contributed by atoms with Crippen LogP contribution in [0.1, 0.15) is 11.1 Å². The van der Waals surface area contributed by atoms with E-state index in [0.29, 0.717) is 38.3 Å². The molecule has 0 saturated carbocycles. The highest BCUT2D eigenvalue weighted by atomic mass is 79.9. The van der Waals surface area contributed by atoms with Gasteiger partial charge in [-0.1, -0.05) is 24.3 Å². The third-order valence-electron chi connectivity index (χ3n) is 4.55. The predicted molar refractivity (Wildman–Crippen MR) is 127 cm³/mol. The summed E-state index contributed by atoms with van der Waals surface area (Å²) in [6.07, 6.45) is 1.52. The number of nitrogens with zero attached hydrogens (tertiary/aromatic N) is 1. The molecule has 1 N–H and O–H groups in total. The second kappa shape index (κ2) is 9.90. The lowest BCUT2D eigenvalue weighted by Gasteiger charge is -2.12. The second-order valence-electron chi connectivity index (χ2n) is 6.78. The average Bonchev–Trinajstić information content (AvgIpc) is 3.25. The maximum atomic E-state index is 12.5. The number of nitriles is 1. The van der Waals surface area contributed by atoms with Gasteiger partial charge in [0.25, 0.3) is 5.91 Å². The molecule has 0 atom stereocenters. The first-order valence-electron chi connectivity index (χ1n) is 9.52. The Morgan fingerprint density at radius 1 is 1.06 bits per heavy atom. The van der Waals surface area contributed by atoms with Crippen molar-refractivity contribution in [2.24, 2.45) is 0 Å². The zero-order valence-electron chi connectivity index (χ0n) is 16.6. The Balaban J connectivity index is 1.48. The molecule has 0 aromatic heterocycles. The molecule has 6 nitrogen and oxygen atoms in total. The molecule has 1 aliphatic rings. The first-order chi connectivity index (χ1) is 15.5. The van der Waals surface area contributed by atoms with E-state index < -0.39 is 5.91 Å². The second-order valence-corrected chi connectivity index (χ2v) is 8.49. The van der Waals surface area contributed by atoms with E-state index >= 15 is 0 Å². The number of fused-ring (bicyclic) bond motifs is 1. The lowest BCUT2D eigenvalue weighted by Crippen LogP contribution is -2.13. The van der Waals surface area contributed by atoms with Crippen LogP contribution in [-0.2, 0) is 11.4 Å². The van der Waals surface area contributed by atoms with Gasteiger partial charge in [0.2, 0.25) is 6.79 Å². The van der Waals surface area contributed by atoms with Crippen molar-refractivity contribution in [3.05, 3.63) is 86.3 Å². The number of benzene rings is 3. The molecule has 3 aromatic rings. The SMILES string of the molecule is N#C/C(=C/c1cc(Br)c(OCc2ccc3c(c2)OCO3)c(Br)c1)C(=O)Nc1ccccc1. The first kappa shape index (κ1) is 21.9. The lowest BCUT2D eigenvalue weighted by molar-refractivity contribution is -0.112. The fourth-order valence-corrected chi connectivity index (χ4v) is 4.47. The van der Waals surface area contributed by atoms with Gasteiger partial charge >= 0.3 is 0 Å². The van der Waals surface area contributed by atoms with E-state index in [1.165, 1.54) is 6.08 Å². The molecule has 4 rings (SSSR count). The van der Waals surface area contributed by atoms with Crippen molar-refractivity contribution >= 4 is 49.5 Å². The monoisotopic (exact) mass is 554 g/mol. The molecule has 0 aliphatic carbocycles. The summed E-state index contributed by atoms with van der Waals surface area (Å²) in [5.41, 5.74) is 2.20. The topological polar surface area (TPSA) is 80.6 Å². The maximum Gasteiger partial charge on any atom is 0.266 e. The third kappa shape index (κ3) is 5.13. The van der Waals surface area contributed by atoms with E-state index in [4.69, 9.17) is 14.2 Å². The number of halogens is 2. The lowest BCUT2D eigenvalue weighted by atomic mass is 10.1. The van der Waals surface area contributed by atoms with Crippen LogP contribution in [0.4, 0.5) is 5.69 Å². The number of ether oxygens (including phenoxy) is 3. The fourth-order valence-electron chi connectivity index (χ4n) is 3.02. The van der Waals surface area contributed by atoms with Crippen molar-refractivity contribution in [3.63, 3.8) is 0 Å². The number of anilines is 1. The predicted octanol–water partition coefficient (Wildman–Crippen LogP) is 6.06. The Labute approximate surface area is 201 Å². The van der Waals surface area contributed by atoms with Crippen LogP contribution in [0.2, 0.25) is 0 Å².